The molecule has 0 aliphatic heterocycles. The third kappa shape index (κ3) is 4.68. The maximum Gasteiger partial charge on any atom is 0.251 e. The van der Waals surface area contributed by atoms with Crippen molar-refractivity contribution < 1.29 is 19.4 Å². The summed E-state index contributed by atoms with van der Waals surface area (Å²) in [6.07, 6.45) is 6.24. The number of carbonyl (C=O) groups excluding carboxylic acids is 1. The van der Waals surface area contributed by atoms with Crippen molar-refractivity contribution >= 4 is 18.1 Å². The Balaban J connectivity index is 2.01. The van der Waals surface area contributed by atoms with Crippen molar-refractivity contribution in [2.45, 2.75) is 51.4 Å². The molecule has 5 heteroatoms. The van der Waals surface area contributed by atoms with Crippen molar-refractivity contribution in [3.8, 4) is 11.5 Å². The minimum Gasteiger partial charge on any atom is -0.496 e. The summed E-state index contributed by atoms with van der Waals surface area (Å²) >= 11 is 0. The zero-order chi connectivity index (χ0) is 23.5. The quantitative estimate of drug-likeness (QED) is 0.602. The van der Waals surface area contributed by atoms with Crippen LogP contribution in [0.1, 0.15) is 73.1 Å². The molecule has 0 spiro atoms. The van der Waals surface area contributed by atoms with E-state index in [1.165, 1.54) is 11.1 Å². The minimum absolute atomic E-state index is 0.00857. The summed E-state index contributed by atoms with van der Waals surface area (Å²) in [7, 11) is 3.42. The van der Waals surface area contributed by atoms with E-state index in [0.29, 0.717) is 5.56 Å². The van der Waals surface area contributed by atoms with Crippen LogP contribution < -0.4 is 14.8 Å². The number of aliphatic hydroxyl groups is 1. The topological polar surface area (TPSA) is 67.8 Å². The summed E-state index contributed by atoms with van der Waals surface area (Å²) in [4.78, 5) is 12.0. The molecule has 0 saturated carbocycles. The molecule has 0 bridgehead atoms. The van der Waals surface area contributed by atoms with Gasteiger partial charge in [-0.15, -0.1) is 0 Å². The smallest absolute Gasteiger partial charge is 0.251 e. The Morgan fingerprint density at radius 2 is 1.69 bits per heavy atom. The van der Waals surface area contributed by atoms with Crippen molar-refractivity contribution in [3.05, 3.63) is 58.1 Å². The summed E-state index contributed by atoms with van der Waals surface area (Å²) in [6, 6.07) is 9.52. The van der Waals surface area contributed by atoms with Crippen LogP contribution in [-0.2, 0) is 10.8 Å². The van der Waals surface area contributed by atoms with Crippen LogP contribution >= 0.6 is 0 Å². The molecule has 3 rings (SSSR count). The Bertz CT molecular complexity index is 1000. The molecule has 0 radical (unpaired) electrons. The van der Waals surface area contributed by atoms with Gasteiger partial charge in [0.2, 0.25) is 0 Å². The average molecular weight is 438 g/mol. The minimum atomic E-state index is -0.197. The van der Waals surface area contributed by atoms with Crippen molar-refractivity contribution in [1.82, 2.24) is 5.32 Å². The molecule has 2 aromatic rings. The van der Waals surface area contributed by atoms with Gasteiger partial charge in [-0.05, 0) is 59.1 Å². The molecule has 0 saturated heterocycles. The number of hydrogen-bond donors (Lipinski definition) is 2. The highest BCUT2D eigenvalue weighted by Gasteiger charge is 2.40. The van der Waals surface area contributed by atoms with Crippen LogP contribution in [0.5, 0.6) is 11.5 Å². The second kappa shape index (κ2) is 9.37. The van der Waals surface area contributed by atoms with Gasteiger partial charge in [0.15, 0.2) is 0 Å². The highest BCUT2D eigenvalue weighted by molar-refractivity contribution is 5.94. The van der Waals surface area contributed by atoms with Gasteiger partial charge in [0, 0.05) is 17.7 Å². The molecule has 32 heavy (non-hydrogen) atoms. The lowest BCUT2D eigenvalue weighted by Crippen LogP contribution is -2.34. The van der Waals surface area contributed by atoms with E-state index in [-0.39, 0.29) is 29.9 Å². The number of carbonyl (C=O) groups is 1. The number of rotatable bonds is 7. The molecule has 0 fully saturated rings. The lowest BCUT2D eigenvalue weighted by Gasteiger charge is -2.43. The van der Waals surface area contributed by atoms with E-state index < -0.39 is 0 Å². The van der Waals surface area contributed by atoms with E-state index in [2.05, 4.69) is 39.1 Å². The molecule has 1 aliphatic carbocycles. The van der Waals surface area contributed by atoms with Crippen molar-refractivity contribution in [1.29, 1.82) is 0 Å². The number of benzene rings is 2. The Hall–Kier alpha value is -2.79. The van der Waals surface area contributed by atoms with Crippen LogP contribution in [0.15, 0.2) is 30.3 Å². The number of ether oxygens (including phenoxy) is 2. The summed E-state index contributed by atoms with van der Waals surface area (Å²) in [5.74, 6) is 1.47. The highest BCUT2D eigenvalue weighted by Crippen LogP contribution is 2.52. The van der Waals surface area contributed by atoms with E-state index in [4.69, 9.17) is 14.6 Å². The number of methoxy groups -OCH3 is 2. The van der Waals surface area contributed by atoms with Crippen molar-refractivity contribution in [2.24, 2.45) is 0 Å². The monoisotopic (exact) mass is 437 g/mol. The molecule has 0 aromatic heterocycles. The second-order valence-corrected chi connectivity index (χ2v) is 9.65. The first-order valence-corrected chi connectivity index (χ1v) is 11.1. The molecular weight excluding hydrogens is 402 g/mol. The molecule has 0 unspecified atom stereocenters. The number of fused-ring (bicyclic) bond motifs is 1. The van der Waals surface area contributed by atoms with E-state index in [9.17, 15) is 4.79 Å². The lowest BCUT2D eigenvalue weighted by atomic mass is 9.62. The van der Waals surface area contributed by atoms with Crippen LogP contribution in [0, 0.1) is 0 Å². The summed E-state index contributed by atoms with van der Waals surface area (Å²) in [5, 5.41) is 11.5. The van der Waals surface area contributed by atoms with E-state index in [1.54, 1.807) is 26.4 Å². The van der Waals surface area contributed by atoms with Crippen LogP contribution in [0.25, 0.3) is 12.2 Å². The van der Waals surface area contributed by atoms with Gasteiger partial charge in [-0.25, -0.2) is 0 Å². The van der Waals surface area contributed by atoms with Crippen molar-refractivity contribution in [3.63, 3.8) is 0 Å². The van der Waals surface area contributed by atoms with E-state index in [0.717, 1.165) is 35.5 Å². The zero-order valence-electron chi connectivity index (χ0n) is 20.0. The summed E-state index contributed by atoms with van der Waals surface area (Å²) in [6.45, 7) is 9.30. The molecule has 2 N–H and O–H groups in total. The van der Waals surface area contributed by atoms with Gasteiger partial charge < -0.3 is 19.9 Å². The van der Waals surface area contributed by atoms with Gasteiger partial charge in [0.1, 0.15) is 11.5 Å². The number of nitrogens with one attached hydrogen (secondary N) is 1. The van der Waals surface area contributed by atoms with Gasteiger partial charge in [-0.1, -0.05) is 45.9 Å². The molecule has 1 amide bonds. The number of aliphatic hydroxyl groups excluding tert-OH is 1. The van der Waals surface area contributed by atoms with Gasteiger partial charge in [0.25, 0.3) is 5.91 Å². The number of amides is 1. The maximum atomic E-state index is 12.0. The Kier molecular flexibility index (Phi) is 6.99. The van der Waals surface area contributed by atoms with Gasteiger partial charge >= 0.3 is 0 Å². The Morgan fingerprint density at radius 3 is 2.28 bits per heavy atom. The third-order valence-corrected chi connectivity index (χ3v) is 6.50. The predicted octanol–water partition coefficient (Wildman–Crippen LogP) is 4.95. The first-order valence-electron chi connectivity index (χ1n) is 11.1. The molecule has 2 aromatic carbocycles. The van der Waals surface area contributed by atoms with Crippen molar-refractivity contribution in [2.75, 3.05) is 27.4 Å². The molecule has 172 valence electrons. The van der Waals surface area contributed by atoms with Crippen LogP contribution in [0.3, 0.4) is 0 Å². The molecule has 0 heterocycles. The second-order valence-electron chi connectivity index (χ2n) is 9.65. The highest BCUT2D eigenvalue weighted by atomic mass is 16.5. The predicted molar refractivity (Wildman–Crippen MR) is 130 cm³/mol. The number of hydrogen-bond acceptors (Lipinski definition) is 4. The molecule has 5 nitrogen and oxygen atoms in total. The SMILES string of the molecule is COc1cc2c(c(OC)c1C=Cc1ccc(C(=O)NCCO)cc1)C(C)(C)CCC2(C)C. The maximum absolute atomic E-state index is 12.0. The Labute approximate surface area is 191 Å². The van der Waals surface area contributed by atoms with Crippen LogP contribution in [-0.4, -0.2) is 38.4 Å². The largest absolute Gasteiger partial charge is 0.496 e. The molecule has 1 aliphatic rings. The first kappa shape index (κ1) is 23.9. The molecule has 0 atom stereocenters. The fraction of sp³-hybridized carbons (Fsp3) is 0.444. The van der Waals surface area contributed by atoms with E-state index in [1.807, 2.05) is 24.3 Å². The molecular formula is C27H35NO4. The summed E-state index contributed by atoms with van der Waals surface area (Å²) < 4.78 is 11.8. The van der Waals surface area contributed by atoms with Gasteiger partial charge in [-0.2, -0.15) is 0 Å². The first-order chi connectivity index (χ1) is 15.1. The zero-order valence-corrected chi connectivity index (χ0v) is 20.0. The lowest BCUT2D eigenvalue weighted by molar-refractivity contribution is 0.0945. The van der Waals surface area contributed by atoms with Gasteiger partial charge in [-0.3, -0.25) is 4.79 Å². The Morgan fingerprint density at radius 1 is 1.03 bits per heavy atom. The van der Waals surface area contributed by atoms with E-state index >= 15 is 0 Å². The third-order valence-electron chi connectivity index (χ3n) is 6.50. The average Bonchev–Trinajstić information content (AvgIpc) is 2.78. The van der Waals surface area contributed by atoms with Gasteiger partial charge in [0.05, 0.1) is 26.4 Å². The normalized spacial score (nSPS) is 16.5. The van der Waals surface area contributed by atoms with Crippen LogP contribution in [0.4, 0.5) is 0 Å². The standard InChI is InChI=1S/C27H35NO4/c1-26(2)13-14-27(3,4)23-21(26)17-22(31-5)20(24(23)32-6)12-9-18-7-10-19(11-8-18)25(30)28-15-16-29/h7-12,17,29H,13-16H2,1-6H3,(H,28,30). The summed E-state index contributed by atoms with van der Waals surface area (Å²) in [5.41, 5.74) is 5.05. The fourth-order valence-corrected chi connectivity index (χ4v) is 4.48. The fourth-order valence-electron chi connectivity index (χ4n) is 4.48. The van der Waals surface area contributed by atoms with Crippen LogP contribution in [0.2, 0.25) is 0 Å².